The number of anilines is 1. The minimum Gasteiger partial charge on any atom is -0.278 e. The Balaban J connectivity index is 2.07. The number of hydrogen-bond acceptors (Lipinski definition) is 5. The standard InChI is InChI=1S/C12H10BrN3O2S/c1-8(11-6-7-12(13)19-11)14-15-9-2-4-10(5-3-9)16(17)18/h2-7,15H,1H3. The average Bonchev–Trinajstić information content (AvgIpc) is 2.83. The van der Waals surface area contributed by atoms with Gasteiger partial charge >= 0.3 is 0 Å². The van der Waals surface area contributed by atoms with E-state index in [1.54, 1.807) is 23.5 Å². The Morgan fingerprint density at radius 1 is 1.32 bits per heavy atom. The molecule has 0 aliphatic carbocycles. The van der Waals surface area contributed by atoms with Crippen LogP contribution in [0.25, 0.3) is 0 Å². The van der Waals surface area contributed by atoms with Crippen LogP contribution in [-0.4, -0.2) is 10.6 Å². The molecule has 1 heterocycles. The van der Waals surface area contributed by atoms with Gasteiger partial charge in [0.05, 0.1) is 25.0 Å². The van der Waals surface area contributed by atoms with Crippen LogP contribution in [0.2, 0.25) is 0 Å². The highest BCUT2D eigenvalue weighted by atomic mass is 79.9. The van der Waals surface area contributed by atoms with Gasteiger partial charge in [-0.25, -0.2) is 0 Å². The molecule has 1 aromatic carbocycles. The van der Waals surface area contributed by atoms with Gasteiger partial charge in [-0.2, -0.15) is 5.10 Å². The van der Waals surface area contributed by atoms with E-state index in [2.05, 4.69) is 26.5 Å². The molecule has 5 nitrogen and oxygen atoms in total. The maximum atomic E-state index is 10.5. The molecule has 0 atom stereocenters. The third-order valence-electron chi connectivity index (χ3n) is 2.36. The minimum atomic E-state index is -0.429. The van der Waals surface area contributed by atoms with E-state index in [0.717, 1.165) is 14.4 Å². The first kappa shape index (κ1) is 13.7. The highest BCUT2D eigenvalue weighted by molar-refractivity contribution is 9.11. The van der Waals surface area contributed by atoms with Crippen LogP contribution in [0.15, 0.2) is 45.3 Å². The molecular formula is C12H10BrN3O2S. The molecule has 2 rings (SSSR count). The Hall–Kier alpha value is -1.73. The topological polar surface area (TPSA) is 67.5 Å². The third-order valence-corrected chi connectivity index (χ3v) is 4.09. The minimum absolute atomic E-state index is 0.0634. The van der Waals surface area contributed by atoms with Gasteiger partial charge in [0.15, 0.2) is 0 Å². The zero-order valence-electron chi connectivity index (χ0n) is 9.96. The Morgan fingerprint density at radius 2 is 2.00 bits per heavy atom. The molecule has 0 amide bonds. The Morgan fingerprint density at radius 3 is 2.53 bits per heavy atom. The molecule has 98 valence electrons. The molecule has 2 aromatic rings. The van der Waals surface area contributed by atoms with E-state index < -0.39 is 4.92 Å². The quantitative estimate of drug-likeness (QED) is 0.514. The summed E-state index contributed by atoms with van der Waals surface area (Å²) in [7, 11) is 0. The molecule has 0 unspecified atom stereocenters. The highest BCUT2D eigenvalue weighted by Gasteiger charge is 2.04. The van der Waals surface area contributed by atoms with Gasteiger partial charge in [-0.15, -0.1) is 11.3 Å². The second kappa shape index (κ2) is 5.94. The first-order chi connectivity index (χ1) is 9.06. The lowest BCUT2D eigenvalue weighted by molar-refractivity contribution is -0.384. The van der Waals surface area contributed by atoms with Crippen molar-refractivity contribution in [3.8, 4) is 0 Å². The number of nitro groups is 1. The molecule has 7 heteroatoms. The molecule has 1 aromatic heterocycles. The summed E-state index contributed by atoms with van der Waals surface area (Å²) in [5.41, 5.74) is 4.50. The van der Waals surface area contributed by atoms with Crippen molar-refractivity contribution in [2.24, 2.45) is 5.10 Å². The predicted molar refractivity (Wildman–Crippen MR) is 80.9 cm³/mol. The zero-order valence-corrected chi connectivity index (χ0v) is 12.4. The number of benzene rings is 1. The van der Waals surface area contributed by atoms with E-state index in [0.29, 0.717) is 5.69 Å². The lowest BCUT2D eigenvalue weighted by atomic mass is 10.3. The SMILES string of the molecule is CC(=NNc1ccc([N+](=O)[O-])cc1)c1ccc(Br)s1. The van der Waals surface area contributed by atoms with Crippen LogP contribution >= 0.6 is 27.3 Å². The van der Waals surface area contributed by atoms with E-state index in [1.807, 2.05) is 19.1 Å². The van der Waals surface area contributed by atoms with Crippen LogP contribution in [0.5, 0.6) is 0 Å². The lowest BCUT2D eigenvalue weighted by Crippen LogP contribution is -1.97. The molecule has 0 saturated heterocycles. The van der Waals surface area contributed by atoms with Crippen molar-refractivity contribution in [1.29, 1.82) is 0 Å². The number of hydrazone groups is 1. The average molecular weight is 340 g/mol. The number of nitrogens with one attached hydrogen (secondary N) is 1. The maximum Gasteiger partial charge on any atom is 0.269 e. The van der Waals surface area contributed by atoms with Crippen molar-refractivity contribution >= 4 is 44.4 Å². The van der Waals surface area contributed by atoms with Crippen LogP contribution < -0.4 is 5.43 Å². The van der Waals surface area contributed by atoms with Crippen molar-refractivity contribution in [1.82, 2.24) is 0 Å². The van der Waals surface area contributed by atoms with Crippen LogP contribution in [0.3, 0.4) is 0 Å². The Kier molecular flexibility index (Phi) is 4.28. The molecule has 19 heavy (non-hydrogen) atoms. The fourth-order valence-corrected chi connectivity index (χ4v) is 2.70. The Labute approximate surface area is 122 Å². The van der Waals surface area contributed by atoms with Crippen molar-refractivity contribution in [2.75, 3.05) is 5.43 Å². The van der Waals surface area contributed by atoms with E-state index >= 15 is 0 Å². The summed E-state index contributed by atoms with van der Waals surface area (Å²) >= 11 is 4.99. The van der Waals surface area contributed by atoms with Gasteiger partial charge in [0, 0.05) is 12.1 Å². The van der Waals surface area contributed by atoms with Gasteiger partial charge in [0.2, 0.25) is 0 Å². The van der Waals surface area contributed by atoms with Gasteiger partial charge < -0.3 is 0 Å². The summed E-state index contributed by atoms with van der Waals surface area (Å²) in [6.07, 6.45) is 0. The first-order valence-corrected chi connectivity index (χ1v) is 6.97. The highest BCUT2D eigenvalue weighted by Crippen LogP contribution is 2.23. The maximum absolute atomic E-state index is 10.5. The van der Waals surface area contributed by atoms with Gasteiger partial charge in [-0.1, -0.05) is 0 Å². The summed E-state index contributed by atoms with van der Waals surface area (Å²) in [4.78, 5) is 11.1. The van der Waals surface area contributed by atoms with E-state index in [4.69, 9.17) is 0 Å². The van der Waals surface area contributed by atoms with Crippen molar-refractivity contribution in [3.05, 3.63) is 55.2 Å². The number of halogens is 1. The molecule has 0 aliphatic heterocycles. The normalized spacial score (nSPS) is 11.4. The fourth-order valence-electron chi connectivity index (χ4n) is 1.37. The van der Waals surface area contributed by atoms with Crippen LogP contribution in [0.4, 0.5) is 11.4 Å². The van der Waals surface area contributed by atoms with E-state index in [9.17, 15) is 10.1 Å². The zero-order chi connectivity index (χ0) is 13.8. The second-order valence-corrected chi connectivity index (χ2v) is 6.18. The molecule has 0 fully saturated rings. The molecule has 0 saturated carbocycles. The first-order valence-electron chi connectivity index (χ1n) is 5.37. The van der Waals surface area contributed by atoms with Crippen LogP contribution in [0.1, 0.15) is 11.8 Å². The van der Waals surface area contributed by atoms with E-state index in [1.165, 1.54) is 12.1 Å². The molecular weight excluding hydrogens is 330 g/mol. The monoisotopic (exact) mass is 339 g/mol. The van der Waals surface area contributed by atoms with Crippen LogP contribution in [0, 0.1) is 10.1 Å². The van der Waals surface area contributed by atoms with Gasteiger partial charge in [0.25, 0.3) is 5.69 Å². The summed E-state index contributed by atoms with van der Waals surface area (Å²) in [6.45, 7) is 1.90. The summed E-state index contributed by atoms with van der Waals surface area (Å²) < 4.78 is 1.05. The number of thiophene rings is 1. The summed E-state index contributed by atoms with van der Waals surface area (Å²) in [5, 5.41) is 14.8. The molecule has 0 bridgehead atoms. The molecule has 0 aliphatic rings. The second-order valence-electron chi connectivity index (χ2n) is 3.72. The summed E-state index contributed by atoms with van der Waals surface area (Å²) in [6, 6.07) is 10.1. The predicted octanol–water partition coefficient (Wildman–Crippen LogP) is 4.25. The summed E-state index contributed by atoms with van der Waals surface area (Å²) in [5.74, 6) is 0. The van der Waals surface area contributed by atoms with E-state index in [-0.39, 0.29) is 5.69 Å². The third kappa shape index (κ3) is 3.62. The molecule has 0 spiro atoms. The van der Waals surface area contributed by atoms with Crippen molar-refractivity contribution in [2.45, 2.75) is 6.92 Å². The smallest absolute Gasteiger partial charge is 0.269 e. The van der Waals surface area contributed by atoms with Gasteiger partial charge in [-0.3, -0.25) is 15.5 Å². The van der Waals surface area contributed by atoms with Gasteiger partial charge in [0.1, 0.15) is 0 Å². The number of hydrogen-bond donors (Lipinski definition) is 1. The van der Waals surface area contributed by atoms with Crippen molar-refractivity contribution < 1.29 is 4.92 Å². The van der Waals surface area contributed by atoms with Crippen LogP contribution in [-0.2, 0) is 0 Å². The lowest BCUT2D eigenvalue weighted by Gasteiger charge is -2.01. The Bertz CT molecular complexity index is 622. The molecule has 1 N–H and O–H groups in total. The molecule has 0 radical (unpaired) electrons. The number of nitro benzene ring substituents is 1. The van der Waals surface area contributed by atoms with Crippen molar-refractivity contribution in [3.63, 3.8) is 0 Å². The largest absolute Gasteiger partial charge is 0.278 e. The van der Waals surface area contributed by atoms with Gasteiger partial charge in [-0.05, 0) is 47.1 Å². The fraction of sp³-hybridized carbons (Fsp3) is 0.0833. The number of rotatable bonds is 4. The number of non-ortho nitro benzene ring substituents is 1. The number of nitrogens with zero attached hydrogens (tertiary/aromatic N) is 2.